The van der Waals surface area contributed by atoms with Gasteiger partial charge in [-0.2, -0.15) is 0 Å². The fourth-order valence-corrected chi connectivity index (χ4v) is 1.82. The van der Waals surface area contributed by atoms with E-state index in [2.05, 4.69) is 0 Å². The van der Waals surface area contributed by atoms with Gasteiger partial charge in [-0.25, -0.2) is 4.79 Å². The first-order valence-corrected chi connectivity index (χ1v) is 6.30. The third-order valence-corrected chi connectivity index (χ3v) is 3.32. The molecule has 4 amide bonds. The first-order valence-electron chi connectivity index (χ1n) is 6.30. The van der Waals surface area contributed by atoms with Crippen LogP contribution in [0.25, 0.3) is 0 Å². The van der Waals surface area contributed by atoms with Gasteiger partial charge >= 0.3 is 6.03 Å². The fraction of sp³-hybridized carbons (Fsp3) is 0.750. The highest BCUT2D eigenvalue weighted by Crippen LogP contribution is 2.10. The average Bonchev–Trinajstić information content (AvgIpc) is 2.62. The molecule has 0 aromatic carbocycles. The van der Waals surface area contributed by atoms with Gasteiger partial charge in [-0.15, -0.1) is 0 Å². The van der Waals surface area contributed by atoms with Crippen molar-refractivity contribution in [1.29, 1.82) is 0 Å². The van der Waals surface area contributed by atoms with Gasteiger partial charge < -0.3 is 14.9 Å². The minimum absolute atomic E-state index is 0.0872. The Balaban J connectivity index is 2.36. The molecule has 0 spiro atoms. The van der Waals surface area contributed by atoms with Crippen LogP contribution in [0, 0.1) is 0 Å². The van der Waals surface area contributed by atoms with Gasteiger partial charge in [-0.1, -0.05) is 0 Å². The number of likely N-dealkylation sites (N-methyl/N-ethyl adjacent to an activating group) is 2. The molecule has 1 N–H and O–H groups in total. The van der Waals surface area contributed by atoms with E-state index in [0.717, 1.165) is 0 Å². The zero-order valence-electron chi connectivity index (χ0n) is 11.6. The zero-order valence-corrected chi connectivity index (χ0v) is 11.6. The molecule has 1 aliphatic rings. The number of amides is 4. The van der Waals surface area contributed by atoms with Crippen LogP contribution in [0.3, 0.4) is 0 Å². The number of rotatable bonds is 6. The fourth-order valence-electron chi connectivity index (χ4n) is 1.82. The maximum Gasteiger partial charge on any atom is 0.326 e. The molecular formula is C12H21N3O4. The Kier molecular flexibility index (Phi) is 5.29. The molecule has 0 aromatic rings. The Bertz CT molecular complexity index is 372. The quantitative estimate of drug-likeness (QED) is 0.660. The maximum absolute atomic E-state index is 11.8. The van der Waals surface area contributed by atoms with Crippen molar-refractivity contribution < 1.29 is 19.5 Å². The monoisotopic (exact) mass is 271 g/mol. The molecule has 1 unspecified atom stereocenters. The van der Waals surface area contributed by atoms with Gasteiger partial charge in [-0.05, 0) is 13.3 Å². The average molecular weight is 271 g/mol. The summed E-state index contributed by atoms with van der Waals surface area (Å²) >= 11 is 0. The summed E-state index contributed by atoms with van der Waals surface area (Å²) in [5.41, 5.74) is 0. The summed E-state index contributed by atoms with van der Waals surface area (Å²) in [6.45, 7) is 2.03. The third kappa shape index (κ3) is 3.66. The maximum atomic E-state index is 11.8. The Hall–Kier alpha value is -1.63. The van der Waals surface area contributed by atoms with Gasteiger partial charge in [-0.3, -0.25) is 14.5 Å². The minimum Gasteiger partial charge on any atom is -0.394 e. The van der Waals surface area contributed by atoms with E-state index in [1.807, 2.05) is 0 Å². The van der Waals surface area contributed by atoms with E-state index in [1.165, 1.54) is 14.7 Å². The molecule has 1 saturated heterocycles. The van der Waals surface area contributed by atoms with Crippen LogP contribution in [0.5, 0.6) is 0 Å². The number of imide groups is 1. The molecule has 1 rings (SSSR count). The number of aliphatic hydroxyl groups is 1. The number of carbonyl (C=O) groups is 3. The van der Waals surface area contributed by atoms with Crippen molar-refractivity contribution >= 4 is 17.8 Å². The van der Waals surface area contributed by atoms with Gasteiger partial charge in [0.15, 0.2) is 0 Å². The van der Waals surface area contributed by atoms with E-state index in [0.29, 0.717) is 6.42 Å². The van der Waals surface area contributed by atoms with Crippen molar-refractivity contribution in [3.63, 3.8) is 0 Å². The molecule has 0 aromatic heterocycles. The molecule has 7 nitrogen and oxygen atoms in total. The SMILES string of the molecule is CC(CO)N(C)C(=O)CCCN1C(=O)CN(C)C1=O. The van der Waals surface area contributed by atoms with Gasteiger partial charge in [0.05, 0.1) is 12.6 Å². The number of carbonyl (C=O) groups excluding carboxylic acids is 3. The normalized spacial score (nSPS) is 17.1. The Morgan fingerprint density at radius 3 is 2.58 bits per heavy atom. The molecule has 1 atom stereocenters. The molecule has 1 aliphatic heterocycles. The second-order valence-corrected chi connectivity index (χ2v) is 4.82. The molecule has 0 aliphatic carbocycles. The summed E-state index contributed by atoms with van der Waals surface area (Å²) in [7, 11) is 3.20. The molecule has 1 heterocycles. The van der Waals surface area contributed by atoms with Gasteiger partial charge in [0, 0.05) is 27.1 Å². The highest BCUT2D eigenvalue weighted by atomic mass is 16.3. The predicted molar refractivity (Wildman–Crippen MR) is 68.3 cm³/mol. The second kappa shape index (κ2) is 6.51. The smallest absolute Gasteiger partial charge is 0.326 e. The van der Waals surface area contributed by atoms with Gasteiger partial charge in [0.1, 0.15) is 6.54 Å². The Morgan fingerprint density at radius 2 is 2.11 bits per heavy atom. The van der Waals surface area contributed by atoms with E-state index >= 15 is 0 Å². The van der Waals surface area contributed by atoms with Gasteiger partial charge in [0.25, 0.3) is 0 Å². The van der Waals surface area contributed by atoms with E-state index in [-0.39, 0.29) is 50.0 Å². The molecule has 0 saturated carbocycles. The molecule has 19 heavy (non-hydrogen) atoms. The van der Waals surface area contributed by atoms with Crippen molar-refractivity contribution in [2.75, 3.05) is 33.8 Å². The molecule has 0 radical (unpaired) electrons. The molecular weight excluding hydrogens is 250 g/mol. The largest absolute Gasteiger partial charge is 0.394 e. The molecule has 7 heteroatoms. The number of nitrogens with zero attached hydrogens (tertiary/aromatic N) is 3. The number of hydrogen-bond acceptors (Lipinski definition) is 4. The van der Waals surface area contributed by atoms with Crippen molar-refractivity contribution in [3.05, 3.63) is 0 Å². The van der Waals surface area contributed by atoms with Crippen molar-refractivity contribution in [2.45, 2.75) is 25.8 Å². The molecule has 1 fully saturated rings. The third-order valence-electron chi connectivity index (χ3n) is 3.32. The van der Waals surface area contributed by atoms with Crippen LogP contribution in [-0.4, -0.2) is 77.5 Å². The van der Waals surface area contributed by atoms with Crippen LogP contribution >= 0.6 is 0 Å². The summed E-state index contributed by atoms with van der Waals surface area (Å²) in [6, 6.07) is -0.539. The highest BCUT2D eigenvalue weighted by Gasteiger charge is 2.32. The van der Waals surface area contributed by atoms with Crippen LogP contribution in [-0.2, 0) is 9.59 Å². The molecule has 0 bridgehead atoms. The number of aliphatic hydroxyl groups excluding tert-OH is 1. The lowest BCUT2D eigenvalue weighted by Crippen LogP contribution is -2.38. The highest BCUT2D eigenvalue weighted by molar-refractivity contribution is 6.01. The van der Waals surface area contributed by atoms with Crippen LogP contribution in [0.4, 0.5) is 4.79 Å². The zero-order chi connectivity index (χ0) is 14.6. The lowest BCUT2D eigenvalue weighted by molar-refractivity contribution is -0.133. The Morgan fingerprint density at radius 1 is 1.47 bits per heavy atom. The van der Waals surface area contributed by atoms with E-state index in [4.69, 9.17) is 5.11 Å². The van der Waals surface area contributed by atoms with E-state index < -0.39 is 0 Å². The minimum atomic E-state index is -0.311. The van der Waals surface area contributed by atoms with Crippen molar-refractivity contribution in [2.24, 2.45) is 0 Å². The van der Waals surface area contributed by atoms with Crippen molar-refractivity contribution in [1.82, 2.24) is 14.7 Å². The molecule has 108 valence electrons. The number of hydrogen-bond donors (Lipinski definition) is 1. The Labute approximate surface area is 112 Å². The predicted octanol–water partition coefficient (Wildman–Crippen LogP) is -0.500. The standard InChI is InChI=1S/C12H21N3O4/c1-9(8-16)14(3)10(17)5-4-6-15-11(18)7-13(2)12(15)19/h9,16H,4-8H2,1-3H3. The van der Waals surface area contributed by atoms with Crippen LogP contribution in [0.1, 0.15) is 19.8 Å². The number of urea groups is 1. The van der Waals surface area contributed by atoms with Crippen LogP contribution in [0.15, 0.2) is 0 Å². The summed E-state index contributed by atoms with van der Waals surface area (Å²) < 4.78 is 0. The van der Waals surface area contributed by atoms with Crippen LogP contribution in [0.2, 0.25) is 0 Å². The first kappa shape index (κ1) is 15.4. The summed E-state index contributed by atoms with van der Waals surface area (Å²) in [4.78, 5) is 38.8. The second-order valence-electron chi connectivity index (χ2n) is 4.82. The topological polar surface area (TPSA) is 81.2 Å². The first-order chi connectivity index (χ1) is 8.88. The summed E-state index contributed by atoms with van der Waals surface area (Å²) in [5, 5.41) is 8.95. The van der Waals surface area contributed by atoms with E-state index in [9.17, 15) is 14.4 Å². The summed E-state index contributed by atoms with van der Waals surface area (Å²) in [6.07, 6.45) is 0.689. The van der Waals surface area contributed by atoms with Gasteiger partial charge in [0.2, 0.25) is 11.8 Å². The lowest BCUT2D eigenvalue weighted by atomic mass is 10.2. The summed E-state index contributed by atoms with van der Waals surface area (Å²) in [5.74, 6) is -0.328. The van der Waals surface area contributed by atoms with Crippen molar-refractivity contribution in [3.8, 4) is 0 Å². The van der Waals surface area contributed by atoms with E-state index in [1.54, 1.807) is 21.0 Å². The lowest BCUT2D eigenvalue weighted by Gasteiger charge is -2.23. The van der Waals surface area contributed by atoms with Crippen LogP contribution < -0.4 is 0 Å².